The molecule has 1 fully saturated rings. The van der Waals surface area contributed by atoms with E-state index in [0.29, 0.717) is 27.6 Å². The van der Waals surface area contributed by atoms with E-state index in [1.807, 2.05) is 6.92 Å². The number of fused-ring (bicyclic) bond motifs is 1. The van der Waals surface area contributed by atoms with Crippen molar-refractivity contribution < 1.29 is 28.6 Å². The van der Waals surface area contributed by atoms with Gasteiger partial charge in [0.1, 0.15) is 5.00 Å². The van der Waals surface area contributed by atoms with Crippen LogP contribution in [0.15, 0.2) is 18.2 Å². The second-order valence-corrected chi connectivity index (χ2v) is 8.04. The van der Waals surface area contributed by atoms with Crippen molar-refractivity contribution >= 4 is 34.0 Å². The predicted molar refractivity (Wildman–Crippen MR) is 102 cm³/mol. The maximum Gasteiger partial charge on any atom is 0.341 e. The number of hydrogen-bond donors (Lipinski definition) is 1. The molecule has 28 heavy (non-hydrogen) atoms. The molecular weight excluding hydrogens is 382 g/mol. The summed E-state index contributed by atoms with van der Waals surface area (Å²) in [5.74, 6) is 0.0493. The molecule has 2 aromatic rings. The van der Waals surface area contributed by atoms with Gasteiger partial charge in [-0.1, -0.05) is 0 Å². The molecule has 2 aliphatic rings. The Morgan fingerprint density at radius 3 is 2.68 bits per heavy atom. The Balaban J connectivity index is 1.44. The van der Waals surface area contributed by atoms with Gasteiger partial charge in [0.25, 0.3) is 0 Å². The van der Waals surface area contributed by atoms with Gasteiger partial charge in [0, 0.05) is 16.4 Å². The number of hydrogen-bond acceptors (Lipinski definition) is 7. The zero-order chi connectivity index (χ0) is 19.8. The van der Waals surface area contributed by atoms with Crippen LogP contribution in [-0.4, -0.2) is 31.1 Å². The number of benzene rings is 1. The molecule has 0 spiro atoms. The van der Waals surface area contributed by atoms with E-state index in [9.17, 15) is 14.4 Å². The Morgan fingerprint density at radius 2 is 1.93 bits per heavy atom. The second-order valence-electron chi connectivity index (χ2n) is 6.82. The molecule has 0 unspecified atom stereocenters. The number of nitrogens with one attached hydrogen (secondary N) is 1. The molecule has 1 aliphatic heterocycles. The summed E-state index contributed by atoms with van der Waals surface area (Å²) in [5, 5.41) is 3.31. The molecule has 0 radical (unpaired) electrons. The van der Waals surface area contributed by atoms with E-state index >= 15 is 0 Å². The standard InChI is InChI=1S/C20H19NO6S/c1-10-11(2)28-19(21-18(23)12-3-4-12)17(10)20(24)25-8-14(22)13-5-6-15-16(7-13)27-9-26-15/h5-7,12H,3-4,8-9H2,1-2H3,(H,21,23). The van der Waals surface area contributed by atoms with Crippen molar-refractivity contribution in [2.24, 2.45) is 5.92 Å². The number of thiophene rings is 1. The van der Waals surface area contributed by atoms with Crippen LogP contribution in [0.2, 0.25) is 0 Å². The SMILES string of the molecule is Cc1sc(NC(=O)C2CC2)c(C(=O)OCC(=O)c2ccc3c(c2)OCO3)c1C. The van der Waals surface area contributed by atoms with Gasteiger partial charge in [0.05, 0.1) is 5.56 Å². The fourth-order valence-corrected chi connectivity index (χ4v) is 3.93. The molecule has 1 aromatic heterocycles. The number of amides is 1. The van der Waals surface area contributed by atoms with E-state index in [4.69, 9.17) is 14.2 Å². The summed E-state index contributed by atoms with van der Waals surface area (Å²) < 4.78 is 15.7. The lowest BCUT2D eigenvalue weighted by atomic mass is 10.1. The number of anilines is 1. The zero-order valence-corrected chi connectivity index (χ0v) is 16.3. The third kappa shape index (κ3) is 3.60. The first-order chi connectivity index (χ1) is 13.4. The average molecular weight is 401 g/mol. The number of ketones is 1. The largest absolute Gasteiger partial charge is 0.454 e. The highest BCUT2D eigenvalue weighted by atomic mass is 32.1. The van der Waals surface area contributed by atoms with Crippen LogP contribution in [0.3, 0.4) is 0 Å². The van der Waals surface area contributed by atoms with Gasteiger partial charge >= 0.3 is 5.97 Å². The fourth-order valence-electron chi connectivity index (χ4n) is 2.88. The van der Waals surface area contributed by atoms with Crippen molar-refractivity contribution in [3.05, 3.63) is 39.8 Å². The van der Waals surface area contributed by atoms with Crippen molar-refractivity contribution in [3.8, 4) is 11.5 Å². The molecule has 7 nitrogen and oxygen atoms in total. The Labute approximate surface area is 165 Å². The van der Waals surface area contributed by atoms with Gasteiger partial charge < -0.3 is 19.5 Å². The molecule has 1 amide bonds. The number of esters is 1. The highest BCUT2D eigenvalue weighted by molar-refractivity contribution is 7.16. The quantitative estimate of drug-likeness (QED) is 0.589. The number of aryl methyl sites for hydroxylation is 1. The molecule has 2 heterocycles. The first kappa shape index (κ1) is 18.5. The Bertz CT molecular complexity index is 975. The maximum absolute atomic E-state index is 12.6. The van der Waals surface area contributed by atoms with Gasteiger partial charge in [0.15, 0.2) is 23.9 Å². The van der Waals surface area contributed by atoms with Crippen molar-refractivity contribution in [3.63, 3.8) is 0 Å². The lowest BCUT2D eigenvalue weighted by molar-refractivity contribution is -0.117. The molecule has 1 saturated carbocycles. The number of carbonyl (C=O) groups excluding carboxylic acids is 3. The third-order valence-corrected chi connectivity index (χ3v) is 5.93. The number of Topliss-reactive ketones (excluding diaryl/α,β-unsaturated/α-hetero) is 1. The minimum Gasteiger partial charge on any atom is -0.454 e. The van der Waals surface area contributed by atoms with Gasteiger partial charge in [-0.3, -0.25) is 9.59 Å². The van der Waals surface area contributed by atoms with Crippen LogP contribution < -0.4 is 14.8 Å². The van der Waals surface area contributed by atoms with Crippen LogP contribution in [0.5, 0.6) is 11.5 Å². The topological polar surface area (TPSA) is 90.9 Å². The maximum atomic E-state index is 12.6. The van der Waals surface area contributed by atoms with Crippen LogP contribution in [0, 0.1) is 19.8 Å². The number of carbonyl (C=O) groups is 3. The molecule has 4 rings (SSSR count). The van der Waals surface area contributed by atoms with Gasteiger partial charge in [0.2, 0.25) is 12.7 Å². The molecule has 0 atom stereocenters. The Hall–Kier alpha value is -2.87. The molecule has 1 N–H and O–H groups in total. The predicted octanol–water partition coefficient (Wildman–Crippen LogP) is 3.48. The van der Waals surface area contributed by atoms with Crippen LogP contribution >= 0.6 is 11.3 Å². The van der Waals surface area contributed by atoms with Crippen molar-refractivity contribution in [2.75, 3.05) is 18.7 Å². The monoisotopic (exact) mass is 401 g/mol. The van der Waals surface area contributed by atoms with Crippen molar-refractivity contribution in [2.45, 2.75) is 26.7 Å². The Morgan fingerprint density at radius 1 is 1.18 bits per heavy atom. The lowest BCUT2D eigenvalue weighted by Crippen LogP contribution is -2.18. The van der Waals surface area contributed by atoms with Crippen molar-refractivity contribution in [1.29, 1.82) is 0 Å². The molecule has 1 aromatic carbocycles. The van der Waals surface area contributed by atoms with E-state index in [2.05, 4.69) is 5.32 Å². The van der Waals surface area contributed by atoms with E-state index in [0.717, 1.165) is 23.3 Å². The van der Waals surface area contributed by atoms with E-state index in [1.54, 1.807) is 25.1 Å². The molecule has 8 heteroatoms. The molecular formula is C20H19NO6S. The lowest BCUT2D eigenvalue weighted by Gasteiger charge is -2.08. The minimum atomic E-state index is -0.623. The summed E-state index contributed by atoms with van der Waals surface area (Å²) in [5.41, 5.74) is 1.43. The summed E-state index contributed by atoms with van der Waals surface area (Å²) in [6, 6.07) is 4.82. The molecule has 0 bridgehead atoms. The highest BCUT2D eigenvalue weighted by Crippen LogP contribution is 2.36. The van der Waals surface area contributed by atoms with Crippen molar-refractivity contribution in [1.82, 2.24) is 0 Å². The Kier molecular flexibility index (Phi) is 4.80. The molecule has 0 saturated heterocycles. The van der Waals surface area contributed by atoms with E-state index in [1.165, 1.54) is 11.3 Å². The normalized spacial score (nSPS) is 14.6. The van der Waals surface area contributed by atoms with Crippen LogP contribution in [-0.2, 0) is 9.53 Å². The van der Waals surface area contributed by atoms with Crippen LogP contribution in [0.4, 0.5) is 5.00 Å². The average Bonchev–Trinajstić information content (AvgIpc) is 3.36. The summed E-state index contributed by atoms with van der Waals surface area (Å²) in [7, 11) is 0. The second kappa shape index (κ2) is 7.27. The van der Waals surface area contributed by atoms with Crippen LogP contribution in [0.25, 0.3) is 0 Å². The smallest absolute Gasteiger partial charge is 0.341 e. The highest BCUT2D eigenvalue weighted by Gasteiger charge is 2.32. The fraction of sp³-hybridized carbons (Fsp3) is 0.350. The summed E-state index contributed by atoms with van der Waals surface area (Å²) in [6.07, 6.45) is 1.75. The van der Waals surface area contributed by atoms with Gasteiger partial charge in [-0.05, 0) is 50.5 Å². The molecule has 1 aliphatic carbocycles. The number of rotatable bonds is 6. The van der Waals surface area contributed by atoms with Gasteiger partial charge in [-0.2, -0.15) is 0 Å². The first-order valence-corrected chi connectivity index (χ1v) is 9.76. The van der Waals surface area contributed by atoms with Gasteiger partial charge in [-0.15, -0.1) is 11.3 Å². The van der Waals surface area contributed by atoms with E-state index < -0.39 is 12.6 Å². The van der Waals surface area contributed by atoms with E-state index in [-0.39, 0.29) is 24.4 Å². The summed E-state index contributed by atoms with van der Waals surface area (Å²) >= 11 is 1.34. The summed E-state index contributed by atoms with van der Waals surface area (Å²) in [4.78, 5) is 38.0. The summed E-state index contributed by atoms with van der Waals surface area (Å²) in [6.45, 7) is 3.40. The molecule has 146 valence electrons. The zero-order valence-electron chi connectivity index (χ0n) is 15.5. The first-order valence-electron chi connectivity index (χ1n) is 8.95. The third-order valence-electron chi connectivity index (χ3n) is 4.80. The minimum absolute atomic E-state index is 0.0270. The van der Waals surface area contributed by atoms with Crippen LogP contribution in [0.1, 0.15) is 44.0 Å². The number of ether oxygens (including phenoxy) is 3. The van der Waals surface area contributed by atoms with Gasteiger partial charge in [-0.25, -0.2) is 4.79 Å².